The molecule has 3 rings (SSSR count). The Morgan fingerprint density at radius 3 is 3.00 bits per heavy atom. The Morgan fingerprint density at radius 1 is 1.44 bits per heavy atom. The molecular formula is C16H22N6O3. The number of rotatable bonds is 5. The van der Waals surface area contributed by atoms with E-state index in [9.17, 15) is 9.59 Å². The molecule has 0 spiro atoms. The fourth-order valence-electron chi connectivity index (χ4n) is 2.98. The Labute approximate surface area is 145 Å². The zero-order valence-corrected chi connectivity index (χ0v) is 14.4. The minimum absolute atomic E-state index is 0.136. The highest BCUT2D eigenvalue weighted by Gasteiger charge is 2.24. The zero-order chi connectivity index (χ0) is 17.8. The Hall–Kier alpha value is -2.68. The smallest absolute Gasteiger partial charge is 0.271 e. The second kappa shape index (κ2) is 7.47. The summed E-state index contributed by atoms with van der Waals surface area (Å²) in [4.78, 5) is 25.9. The normalized spacial score (nSPS) is 18.1. The molecule has 1 unspecified atom stereocenters. The number of aromatic nitrogens is 3. The number of amides is 2. The zero-order valence-electron chi connectivity index (χ0n) is 14.4. The molecule has 1 fully saturated rings. The van der Waals surface area contributed by atoms with Crippen LogP contribution in [0.5, 0.6) is 0 Å². The summed E-state index contributed by atoms with van der Waals surface area (Å²) in [6, 6.07) is 3.53. The van der Waals surface area contributed by atoms with E-state index in [-0.39, 0.29) is 24.4 Å². The number of nitrogens with one attached hydrogen (secondary N) is 2. The fraction of sp³-hybridized carbons (Fsp3) is 0.500. The predicted molar refractivity (Wildman–Crippen MR) is 90.2 cm³/mol. The molecule has 2 N–H and O–H groups in total. The molecule has 9 nitrogen and oxygen atoms in total. The predicted octanol–water partition coefficient (Wildman–Crippen LogP) is 0.815. The van der Waals surface area contributed by atoms with Gasteiger partial charge in [-0.3, -0.25) is 24.5 Å². The van der Waals surface area contributed by atoms with Crippen molar-refractivity contribution in [3.05, 3.63) is 29.7 Å². The van der Waals surface area contributed by atoms with Gasteiger partial charge in [0.1, 0.15) is 5.69 Å². The monoisotopic (exact) mass is 346 g/mol. The van der Waals surface area contributed by atoms with Gasteiger partial charge in [-0.15, -0.1) is 0 Å². The fourth-order valence-corrected chi connectivity index (χ4v) is 2.98. The summed E-state index contributed by atoms with van der Waals surface area (Å²) in [5.41, 5.74) is 1.12. The molecule has 0 saturated carbocycles. The average molecular weight is 346 g/mol. The Bertz CT molecular complexity index is 753. The lowest BCUT2D eigenvalue weighted by atomic mass is 10.1. The number of anilines is 1. The average Bonchev–Trinajstić information content (AvgIpc) is 3.23. The van der Waals surface area contributed by atoms with Crippen LogP contribution in [0.25, 0.3) is 0 Å². The van der Waals surface area contributed by atoms with Crippen LogP contribution in [0.3, 0.4) is 0 Å². The molecule has 1 atom stereocenters. The van der Waals surface area contributed by atoms with Gasteiger partial charge in [0.05, 0.1) is 18.3 Å². The first kappa shape index (κ1) is 17.2. The second-order valence-corrected chi connectivity index (χ2v) is 6.17. The van der Waals surface area contributed by atoms with Gasteiger partial charge in [0.2, 0.25) is 11.8 Å². The van der Waals surface area contributed by atoms with Crippen LogP contribution in [0.1, 0.15) is 35.1 Å². The van der Waals surface area contributed by atoms with Gasteiger partial charge in [0, 0.05) is 25.9 Å². The molecule has 1 aliphatic rings. The van der Waals surface area contributed by atoms with Crippen LogP contribution in [0, 0.1) is 6.92 Å². The SMILES string of the molecule is CNC(=O)c1ccn(C2CCCN(CC(=O)Nc3cc(C)no3)C2)n1. The van der Waals surface area contributed by atoms with Gasteiger partial charge < -0.3 is 9.84 Å². The Morgan fingerprint density at radius 2 is 2.28 bits per heavy atom. The third-order valence-electron chi connectivity index (χ3n) is 4.18. The van der Waals surface area contributed by atoms with E-state index in [1.165, 1.54) is 0 Å². The van der Waals surface area contributed by atoms with E-state index in [1.807, 2.05) is 10.9 Å². The number of piperidine rings is 1. The van der Waals surface area contributed by atoms with Crippen molar-refractivity contribution < 1.29 is 14.1 Å². The van der Waals surface area contributed by atoms with E-state index in [0.29, 0.717) is 18.1 Å². The van der Waals surface area contributed by atoms with Crippen molar-refractivity contribution in [1.82, 2.24) is 25.2 Å². The molecular weight excluding hydrogens is 324 g/mol. The van der Waals surface area contributed by atoms with E-state index in [0.717, 1.165) is 25.1 Å². The van der Waals surface area contributed by atoms with Gasteiger partial charge in [-0.1, -0.05) is 5.16 Å². The van der Waals surface area contributed by atoms with Gasteiger partial charge in [0.25, 0.3) is 5.91 Å². The van der Waals surface area contributed by atoms with Crippen LogP contribution in [0.4, 0.5) is 5.88 Å². The minimum Gasteiger partial charge on any atom is -0.354 e. The van der Waals surface area contributed by atoms with Crippen molar-refractivity contribution in [3.63, 3.8) is 0 Å². The topological polar surface area (TPSA) is 105 Å². The van der Waals surface area contributed by atoms with Crippen LogP contribution in [0.15, 0.2) is 22.9 Å². The summed E-state index contributed by atoms with van der Waals surface area (Å²) >= 11 is 0. The van der Waals surface area contributed by atoms with Crippen molar-refractivity contribution in [2.45, 2.75) is 25.8 Å². The first-order valence-electron chi connectivity index (χ1n) is 8.28. The highest BCUT2D eigenvalue weighted by Crippen LogP contribution is 2.21. The molecule has 134 valence electrons. The number of hydrogen-bond acceptors (Lipinski definition) is 6. The van der Waals surface area contributed by atoms with E-state index in [1.54, 1.807) is 26.1 Å². The highest BCUT2D eigenvalue weighted by molar-refractivity contribution is 5.92. The van der Waals surface area contributed by atoms with Crippen LogP contribution >= 0.6 is 0 Å². The van der Waals surface area contributed by atoms with E-state index >= 15 is 0 Å². The number of carbonyl (C=O) groups excluding carboxylic acids is 2. The number of nitrogens with zero attached hydrogens (tertiary/aromatic N) is 4. The summed E-state index contributed by atoms with van der Waals surface area (Å²) in [7, 11) is 1.58. The van der Waals surface area contributed by atoms with Crippen LogP contribution in [-0.2, 0) is 4.79 Å². The molecule has 25 heavy (non-hydrogen) atoms. The lowest BCUT2D eigenvalue weighted by molar-refractivity contribution is -0.117. The highest BCUT2D eigenvalue weighted by atomic mass is 16.5. The van der Waals surface area contributed by atoms with Crippen molar-refractivity contribution in [2.75, 3.05) is 32.0 Å². The van der Waals surface area contributed by atoms with E-state index in [2.05, 4.69) is 25.8 Å². The van der Waals surface area contributed by atoms with Crippen molar-refractivity contribution in [1.29, 1.82) is 0 Å². The molecule has 3 heterocycles. The van der Waals surface area contributed by atoms with Crippen LogP contribution < -0.4 is 10.6 Å². The van der Waals surface area contributed by atoms with Crippen molar-refractivity contribution >= 4 is 17.7 Å². The van der Waals surface area contributed by atoms with E-state index < -0.39 is 0 Å². The third-order valence-corrected chi connectivity index (χ3v) is 4.18. The van der Waals surface area contributed by atoms with E-state index in [4.69, 9.17) is 4.52 Å². The number of hydrogen-bond donors (Lipinski definition) is 2. The Balaban J connectivity index is 1.56. The summed E-state index contributed by atoms with van der Waals surface area (Å²) < 4.78 is 6.81. The van der Waals surface area contributed by atoms with Gasteiger partial charge in [-0.05, 0) is 32.4 Å². The lowest BCUT2D eigenvalue weighted by Gasteiger charge is -2.32. The quantitative estimate of drug-likeness (QED) is 0.830. The lowest BCUT2D eigenvalue weighted by Crippen LogP contribution is -2.41. The molecule has 9 heteroatoms. The first-order chi connectivity index (χ1) is 12.0. The van der Waals surface area contributed by atoms with Crippen LogP contribution in [0.2, 0.25) is 0 Å². The maximum atomic E-state index is 12.1. The largest absolute Gasteiger partial charge is 0.354 e. The van der Waals surface area contributed by atoms with Crippen LogP contribution in [-0.4, -0.2) is 58.3 Å². The number of aryl methyl sites for hydroxylation is 1. The van der Waals surface area contributed by atoms with Crippen molar-refractivity contribution in [3.8, 4) is 0 Å². The maximum absolute atomic E-state index is 12.1. The minimum atomic E-state index is -0.201. The molecule has 2 amide bonds. The molecule has 0 bridgehead atoms. The number of carbonyl (C=O) groups is 2. The molecule has 1 saturated heterocycles. The molecule has 1 aliphatic heterocycles. The summed E-state index contributed by atoms with van der Waals surface area (Å²) in [5.74, 6) is 0.0230. The standard InChI is InChI=1S/C16H22N6O3/c1-11-8-15(25-20-11)18-14(23)10-21-6-3-4-12(9-21)22-7-5-13(19-22)16(24)17-2/h5,7-8,12H,3-4,6,9-10H2,1-2H3,(H,17,24)(H,18,23). The summed E-state index contributed by atoms with van der Waals surface area (Å²) in [6.45, 7) is 3.63. The second-order valence-electron chi connectivity index (χ2n) is 6.17. The van der Waals surface area contributed by atoms with Gasteiger partial charge in [-0.25, -0.2) is 0 Å². The maximum Gasteiger partial charge on any atom is 0.271 e. The third kappa shape index (κ3) is 4.24. The Kier molecular flexibility index (Phi) is 5.13. The molecule has 2 aromatic rings. The van der Waals surface area contributed by atoms with Gasteiger partial charge in [-0.2, -0.15) is 5.10 Å². The molecule has 0 radical (unpaired) electrons. The summed E-state index contributed by atoms with van der Waals surface area (Å²) in [5, 5.41) is 13.4. The first-order valence-corrected chi connectivity index (χ1v) is 8.28. The summed E-state index contributed by atoms with van der Waals surface area (Å²) in [6.07, 6.45) is 3.75. The molecule has 0 aliphatic carbocycles. The molecule has 2 aromatic heterocycles. The molecule has 0 aromatic carbocycles. The number of likely N-dealkylation sites (tertiary alicyclic amines) is 1. The van der Waals surface area contributed by atoms with Crippen molar-refractivity contribution in [2.24, 2.45) is 0 Å². The van der Waals surface area contributed by atoms with Gasteiger partial charge >= 0.3 is 0 Å². The van der Waals surface area contributed by atoms with Gasteiger partial charge in [0.15, 0.2) is 0 Å².